The number of hydrogen-bond acceptors (Lipinski definition) is 7. The summed E-state index contributed by atoms with van der Waals surface area (Å²) < 4.78 is 1.60. The minimum atomic E-state index is -0.675. The van der Waals surface area contributed by atoms with Crippen LogP contribution in [0, 0.1) is 20.2 Å². The number of nitrogens with zero attached hydrogens (tertiary/aromatic N) is 5. The number of non-ortho nitro benzene ring substituents is 1. The van der Waals surface area contributed by atoms with Gasteiger partial charge in [0, 0.05) is 6.07 Å². The molecule has 2 aromatic carbocycles. The lowest BCUT2D eigenvalue weighted by Crippen LogP contribution is -2.09. The number of nitrogens with one attached hydrogen (secondary N) is 1. The van der Waals surface area contributed by atoms with Crippen molar-refractivity contribution in [2.45, 2.75) is 13.0 Å². The van der Waals surface area contributed by atoms with E-state index < -0.39 is 15.9 Å². The Labute approximate surface area is 147 Å². The standard InChI is InChI=1S/C16H14N6O4/c1-11(15-10-20(19-18-15)12-5-3-2-4-6-12)17-14-8-7-13(21(23)24)9-16(14)22(25)26/h2-11,17H,1H3. The first-order valence-corrected chi connectivity index (χ1v) is 7.63. The zero-order valence-electron chi connectivity index (χ0n) is 13.6. The largest absolute Gasteiger partial charge is 0.371 e. The molecule has 0 aliphatic rings. The number of nitro benzene ring substituents is 2. The fourth-order valence-corrected chi connectivity index (χ4v) is 2.40. The first kappa shape index (κ1) is 17.0. The predicted molar refractivity (Wildman–Crippen MR) is 93.1 cm³/mol. The molecule has 1 heterocycles. The smallest absolute Gasteiger partial charge is 0.299 e. The Morgan fingerprint density at radius 1 is 1.08 bits per heavy atom. The van der Waals surface area contributed by atoms with Crippen molar-refractivity contribution in [1.82, 2.24) is 15.0 Å². The molecule has 0 aliphatic heterocycles. The van der Waals surface area contributed by atoms with Crippen LogP contribution < -0.4 is 5.32 Å². The summed E-state index contributed by atoms with van der Waals surface area (Å²) in [4.78, 5) is 20.7. The highest BCUT2D eigenvalue weighted by Gasteiger charge is 2.21. The van der Waals surface area contributed by atoms with Crippen molar-refractivity contribution in [2.24, 2.45) is 0 Å². The Morgan fingerprint density at radius 3 is 2.46 bits per heavy atom. The van der Waals surface area contributed by atoms with Gasteiger partial charge < -0.3 is 5.32 Å². The predicted octanol–water partition coefficient (Wildman–Crippen LogP) is 3.26. The summed E-state index contributed by atoms with van der Waals surface area (Å²) in [5.41, 5.74) is 0.857. The topological polar surface area (TPSA) is 129 Å². The number of nitro groups is 2. The van der Waals surface area contributed by atoms with Crippen molar-refractivity contribution < 1.29 is 9.85 Å². The second-order valence-electron chi connectivity index (χ2n) is 5.51. The molecule has 1 unspecified atom stereocenters. The van der Waals surface area contributed by atoms with Crippen LogP contribution in [0.3, 0.4) is 0 Å². The van der Waals surface area contributed by atoms with Gasteiger partial charge in [0.1, 0.15) is 11.4 Å². The van der Waals surface area contributed by atoms with Crippen LogP contribution in [-0.4, -0.2) is 24.8 Å². The van der Waals surface area contributed by atoms with Crippen molar-refractivity contribution in [3.63, 3.8) is 0 Å². The molecule has 0 amide bonds. The molecule has 0 radical (unpaired) electrons. The molecule has 10 heteroatoms. The molecule has 0 aliphatic carbocycles. The highest BCUT2D eigenvalue weighted by atomic mass is 16.6. The van der Waals surface area contributed by atoms with Gasteiger partial charge in [-0.3, -0.25) is 20.2 Å². The van der Waals surface area contributed by atoms with E-state index in [0.29, 0.717) is 5.69 Å². The third-order valence-corrected chi connectivity index (χ3v) is 3.74. The van der Waals surface area contributed by atoms with Gasteiger partial charge in [-0.1, -0.05) is 23.4 Å². The molecule has 0 saturated heterocycles. The highest BCUT2D eigenvalue weighted by molar-refractivity contribution is 5.65. The first-order valence-electron chi connectivity index (χ1n) is 7.63. The minimum Gasteiger partial charge on any atom is -0.371 e. The minimum absolute atomic E-state index is 0.169. The third-order valence-electron chi connectivity index (χ3n) is 3.74. The van der Waals surface area contributed by atoms with Crippen LogP contribution in [0.2, 0.25) is 0 Å². The highest BCUT2D eigenvalue weighted by Crippen LogP contribution is 2.31. The van der Waals surface area contributed by atoms with Crippen LogP contribution in [0.15, 0.2) is 54.7 Å². The molecule has 1 N–H and O–H groups in total. The lowest BCUT2D eigenvalue weighted by atomic mass is 10.2. The lowest BCUT2D eigenvalue weighted by Gasteiger charge is -2.12. The molecule has 0 bridgehead atoms. The van der Waals surface area contributed by atoms with Crippen molar-refractivity contribution in [2.75, 3.05) is 5.32 Å². The fraction of sp³-hybridized carbons (Fsp3) is 0.125. The summed E-state index contributed by atoms with van der Waals surface area (Å²) in [6, 6.07) is 12.4. The van der Waals surface area contributed by atoms with E-state index in [9.17, 15) is 20.2 Å². The molecule has 10 nitrogen and oxygen atoms in total. The molecule has 3 aromatic rings. The second kappa shape index (κ2) is 6.97. The molecule has 26 heavy (non-hydrogen) atoms. The maximum absolute atomic E-state index is 11.2. The van der Waals surface area contributed by atoms with Crippen molar-refractivity contribution in [3.8, 4) is 5.69 Å². The van der Waals surface area contributed by atoms with E-state index in [1.165, 1.54) is 12.1 Å². The Hall–Kier alpha value is -3.82. The van der Waals surface area contributed by atoms with Gasteiger partial charge in [-0.25, -0.2) is 4.68 Å². The summed E-state index contributed by atoms with van der Waals surface area (Å²) in [5, 5.41) is 33.1. The molecular formula is C16H14N6O4. The molecule has 0 spiro atoms. The lowest BCUT2D eigenvalue weighted by molar-refractivity contribution is -0.393. The summed E-state index contributed by atoms with van der Waals surface area (Å²) in [6.07, 6.45) is 1.71. The summed E-state index contributed by atoms with van der Waals surface area (Å²) in [7, 11) is 0. The number of rotatable bonds is 6. The van der Waals surface area contributed by atoms with Crippen LogP contribution >= 0.6 is 0 Å². The van der Waals surface area contributed by atoms with Gasteiger partial charge in [-0.2, -0.15) is 0 Å². The van der Waals surface area contributed by atoms with Gasteiger partial charge in [-0.05, 0) is 25.1 Å². The van der Waals surface area contributed by atoms with E-state index in [0.717, 1.165) is 11.8 Å². The fourth-order valence-electron chi connectivity index (χ4n) is 2.40. The Bertz CT molecular complexity index is 956. The van der Waals surface area contributed by atoms with Gasteiger partial charge in [0.25, 0.3) is 11.4 Å². The molecule has 3 rings (SSSR count). The van der Waals surface area contributed by atoms with Crippen molar-refractivity contribution in [3.05, 3.63) is 80.7 Å². The molecule has 0 fully saturated rings. The van der Waals surface area contributed by atoms with Gasteiger partial charge >= 0.3 is 0 Å². The van der Waals surface area contributed by atoms with E-state index >= 15 is 0 Å². The number of anilines is 1. The average Bonchev–Trinajstić information content (AvgIpc) is 3.12. The SMILES string of the molecule is CC(Nc1ccc([N+](=O)[O-])cc1[N+](=O)[O-])c1cn(-c2ccccc2)nn1. The summed E-state index contributed by atoms with van der Waals surface area (Å²) >= 11 is 0. The van der Waals surface area contributed by atoms with Gasteiger partial charge in [0.2, 0.25) is 0 Å². The number of hydrogen-bond donors (Lipinski definition) is 1. The van der Waals surface area contributed by atoms with Crippen LogP contribution in [0.4, 0.5) is 17.1 Å². The van der Waals surface area contributed by atoms with E-state index in [4.69, 9.17) is 0 Å². The maximum atomic E-state index is 11.2. The Kier molecular flexibility index (Phi) is 4.56. The Morgan fingerprint density at radius 2 is 1.81 bits per heavy atom. The van der Waals surface area contributed by atoms with E-state index in [-0.39, 0.29) is 17.1 Å². The zero-order valence-corrected chi connectivity index (χ0v) is 13.6. The number of aromatic nitrogens is 3. The maximum Gasteiger partial charge on any atom is 0.299 e. The molecule has 132 valence electrons. The van der Waals surface area contributed by atoms with Crippen LogP contribution in [-0.2, 0) is 0 Å². The van der Waals surface area contributed by atoms with E-state index in [1.54, 1.807) is 17.8 Å². The third kappa shape index (κ3) is 3.48. The Balaban J connectivity index is 1.84. The second-order valence-corrected chi connectivity index (χ2v) is 5.51. The average molecular weight is 354 g/mol. The van der Waals surface area contributed by atoms with Gasteiger partial charge in [0.15, 0.2) is 0 Å². The van der Waals surface area contributed by atoms with Crippen molar-refractivity contribution >= 4 is 17.1 Å². The van der Waals surface area contributed by atoms with Crippen LogP contribution in [0.5, 0.6) is 0 Å². The molecular weight excluding hydrogens is 340 g/mol. The molecule has 0 saturated carbocycles. The summed E-state index contributed by atoms with van der Waals surface area (Å²) in [6.45, 7) is 1.77. The van der Waals surface area contributed by atoms with Gasteiger partial charge in [0.05, 0.1) is 33.8 Å². The normalized spacial score (nSPS) is 11.7. The van der Waals surface area contributed by atoms with E-state index in [1.807, 2.05) is 30.3 Å². The van der Waals surface area contributed by atoms with Gasteiger partial charge in [-0.15, -0.1) is 5.10 Å². The quantitative estimate of drug-likeness (QED) is 0.531. The van der Waals surface area contributed by atoms with E-state index in [2.05, 4.69) is 15.6 Å². The zero-order chi connectivity index (χ0) is 18.7. The molecule has 1 aromatic heterocycles. The monoisotopic (exact) mass is 354 g/mol. The number of benzene rings is 2. The van der Waals surface area contributed by atoms with Crippen LogP contribution in [0.25, 0.3) is 5.69 Å². The first-order chi connectivity index (χ1) is 12.5. The number of para-hydroxylation sites is 1. The molecule has 1 atom stereocenters. The van der Waals surface area contributed by atoms with Crippen molar-refractivity contribution in [1.29, 1.82) is 0 Å². The van der Waals surface area contributed by atoms with Crippen LogP contribution in [0.1, 0.15) is 18.7 Å². The summed E-state index contributed by atoms with van der Waals surface area (Å²) in [5.74, 6) is 0.